The minimum Gasteiger partial charge on any atom is -0.361 e. The Bertz CT molecular complexity index is 730. The molecule has 0 saturated carbocycles. The molecule has 4 heteroatoms. The number of rotatable bonds is 3. The quantitative estimate of drug-likeness (QED) is 0.773. The van der Waals surface area contributed by atoms with Crippen molar-refractivity contribution in [2.75, 3.05) is 7.05 Å². The Balaban J connectivity index is 1.87. The second-order valence-electron chi connectivity index (χ2n) is 4.89. The maximum atomic E-state index is 12.6. The first kappa shape index (κ1) is 12.9. The first-order chi connectivity index (χ1) is 9.66. The van der Waals surface area contributed by atoms with Crippen LogP contribution in [0, 0.1) is 0 Å². The third kappa shape index (κ3) is 2.23. The fourth-order valence-corrected chi connectivity index (χ4v) is 3.11. The van der Waals surface area contributed by atoms with E-state index in [2.05, 4.69) is 18.0 Å². The van der Waals surface area contributed by atoms with Gasteiger partial charge in [-0.2, -0.15) is 0 Å². The SMILES string of the molecule is CC(c1cccs1)N(C)C(=O)c1ccc2[nH]ccc2c1. The Kier molecular flexibility index (Phi) is 3.32. The van der Waals surface area contributed by atoms with Gasteiger partial charge in [-0.3, -0.25) is 4.79 Å². The molecule has 0 radical (unpaired) electrons. The number of hydrogen-bond donors (Lipinski definition) is 1. The normalized spacial score (nSPS) is 12.5. The van der Waals surface area contributed by atoms with E-state index in [0.717, 1.165) is 16.5 Å². The van der Waals surface area contributed by atoms with Crippen molar-refractivity contribution in [3.63, 3.8) is 0 Å². The van der Waals surface area contributed by atoms with Gasteiger partial charge in [0.05, 0.1) is 6.04 Å². The van der Waals surface area contributed by atoms with Gasteiger partial charge in [-0.25, -0.2) is 0 Å². The van der Waals surface area contributed by atoms with Crippen molar-refractivity contribution in [1.82, 2.24) is 9.88 Å². The Morgan fingerprint density at radius 2 is 2.15 bits per heavy atom. The number of fused-ring (bicyclic) bond motifs is 1. The third-order valence-electron chi connectivity index (χ3n) is 3.66. The van der Waals surface area contributed by atoms with Crippen LogP contribution in [-0.4, -0.2) is 22.8 Å². The van der Waals surface area contributed by atoms with Crippen molar-refractivity contribution < 1.29 is 4.79 Å². The minimum atomic E-state index is 0.0500. The van der Waals surface area contributed by atoms with E-state index in [9.17, 15) is 4.79 Å². The summed E-state index contributed by atoms with van der Waals surface area (Å²) < 4.78 is 0. The summed E-state index contributed by atoms with van der Waals surface area (Å²) >= 11 is 1.68. The average Bonchev–Trinajstić information content (AvgIpc) is 3.14. The van der Waals surface area contributed by atoms with Crippen LogP contribution < -0.4 is 0 Å². The Morgan fingerprint density at radius 1 is 1.30 bits per heavy atom. The van der Waals surface area contributed by atoms with Crippen molar-refractivity contribution in [3.8, 4) is 0 Å². The first-order valence-electron chi connectivity index (χ1n) is 6.54. The first-order valence-corrected chi connectivity index (χ1v) is 7.42. The summed E-state index contributed by atoms with van der Waals surface area (Å²) in [5.74, 6) is 0.0500. The Hall–Kier alpha value is -2.07. The number of nitrogens with one attached hydrogen (secondary N) is 1. The summed E-state index contributed by atoms with van der Waals surface area (Å²) in [7, 11) is 1.86. The number of carbonyl (C=O) groups is 1. The molecule has 2 aromatic heterocycles. The summed E-state index contributed by atoms with van der Waals surface area (Å²) in [6.07, 6.45) is 1.89. The molecule has 1 amide bonds. The van der Waals surface area contributed by atoms with Gasteiger partial charge in [-0.1, -0.05) is 6.07 Å². The van der Waals surface area contributed by atoms with E-state index >= 15 is 0 Å². The summed E-state index contributed by atoms with van der Waals surface area (Å²) in [4.78, 5) is 18.7. The third-order valence-corrected chi connectivity index (χ3v) is 4.70. The highest BCUT2D eigenvalue weighted by atomic mass is 32.1. The number of benzene rings is 1. The topological polar surface area (TPSA) is 36.1 Å². The van der Waals surface area contributed by atoms with Crippen LogP contribution in [0.5, 0.6) is 0 Å². The maximum absolute atomic E-state index is 12.6. The number of aromatic amines is 1. The van der Waals surface area contributed by atoms with Crippen LogP contribution in [-0.2, 0) is 0 Å². The van der Waals surface area contributed by atoms with E-state index in [4.69, 9.17) is 0 Å². The zero-order valence-corrected chi connectivity index (χ0v) is 12.3. The molecular formula is C16H16N2OS. The van der Waals surface area contributed by atoms with E-state index in [-0.39, 0.29) is 11.9 Å². The number of thiophene rings is 1. The van der Waals surface area contributed by atoms with Gasteiger partial charge in [0, 0.05) is 34.6 Å². The van der Waals surface area contributed by atoms with Crippen molar-refractivity contribution >= 4 is 28.1 Å². The lowest BCUT2D eigenvalue weighted by atomic mass is 10.1. The smallest absolute Gasteiger partial charge is 0.254 e. The molecule has 1 N–H and O–H groups in total. The molecule has 0 aliphatic carbocycles. The van der Waals surface area contributed by atoms with Gasteiger partial charge in [0.25, 0.3) is 5.91 Å². The van der Waals surface area contributed by atoms with E-state index < -0.39 is 0 Å². The van der Waals surface area contributed by atoms with Crippen molar-refractivity contribution in [3.05, 3.63) is 58.4 Å². The van der Waals surface area contributed by atoms with Gasteiger partial charge in [0.15, 0.2) is 0 Å². The van der Waals surface area contributed by atoms with Crippen LogP contribution in [0.3, 0.4) is 0 Å². The number of nitrogens with zero attached hydrogens (tertiary/aromatic N) is 1. The van der Waals surface area contributed by atoms with Gasteiger partial charge in [0.1, 0.15) is 0 Å². The van der Waals surface area contributed by atoms with Crippen LogP contribution in [0.25, 0.3) is 10.9 Å². The van der Waals surface area contributed by atoms with Gasteiger partial charge in [-0.05, 0) is 42.6 Å². The highest BCUT2D eigenvalue weighted by Crippen LogP contribution is 2.25. The van der Waals surface area contributed by atoms with Gasteiger partial charge in [-0.15, -0.1) is 11.3 Å². The monoisotopic (exact) mass is 284 g/mol. The predicted octanol–water partition coefficient (Wildman–Crippen LogP) is 4.06. The lowest BCUT2D eigenvalue weighted by Crippen LogP contribution is -2.29. The molecule has 3 nitrogen and oxygen atoms in total. The Morgan fingerprint density at radius 3 is 2.90 bits per heavy atom. The summed E-state index contributed by atoms with van der Waals surface area (Å²) in [5.41, 5.74) is 1.78. The second-order valence-corrected chi connectivity index (χ2v) is 5.87. The second kappa shape index (κ2) is 5.13. The highest BCUT2D eigenvalue weighted by molar-refractivity contribution is 7.10. The molecule has 0 bridgehead atoms. The van der Waals surface area contributed by atoms with E-state index in [0.29, 0.717) is 0 Å². The number of H-pyrrole nitrogens is 1. The van der Waals surface area contributed by atoms with Gasteiger partial charge in [0.2, 0.25) is 0 Å². The molecule has 0 saturated heterocycles. The van der Waals surface area contributed by atoms with E-state index in [1.54, 1.807) is 16.2 Å². The largest absolute Gasteiger partial charge is 0.361 e. The number of carbonyl (C=O) groups excluding carboxylic acids is 1. The Labute approximate surface area is 121 Å². The lowest BCUT2D eigenvalue weighted by molar-refractivity contribution is 0.0745. The molecule has 2 heterocycles. The summed E-state index contributed by atoms with van der Waals surface area (Å²) in [6, 6.07) is 11.9. The fraction of sp³-hybridized carbons (Fsp3) is 0.188. The molecular weight excluding hydrogens is 268 g/mol. The molecule has 20 heavy (non-hydrogen) atoms. The zero-order valence-electron chi connectivity index (χ0n) is 11.5. The molecule has 3 rings (SSSR count). The lowest BCUT2D eigenvalue weighted by Gasteiger charge is -2.24. The van der Waals surface area contributed by atoms with E-state index in [1.165, 1.54) is 4.88 Å². The fourth-order valence-electron chi connectivity index (χ4n) is 2.29. The van der Waals surface area contributed by atoms with Gasteiger partial charge < -0.3 is 9.88 Å². The predicted molar refractivity (Wildman–Crippen MR) is 83.1 cm³/mol. The summed E-state index contributed by atoms with van der Waals surface area (Å²) in [5, 5.41) is 3.10. The minimum absolute atomic E-state index is 0.0500. The maximum Gasteiger partial charge on any atom is 0.254 e. The van der Waals surface area contributed by atoms with Crippen LogP contribution in [0.15, 0.2) is 48.0 Å². The van der Waals surface area contributed by atoms with Gasteiger partial charge >= 0.3 is 0 Å². The molecule has 0 fully saturated rings. The van der Waals surface area contributed by atoms with Crippen molar-refractivity contribution in [2.45, 2.75) is 13.0 Å². The zero-order chi connectivity index (χ0) is 14.1. The number of aromatic nitrogens is 1. The number of hydrogen-bond acceptors (Lipinski definition) is 2. The molecule has 0 aliphatic heterocycles. The molecule has 0 aliphatic rings. The highest BCUT2D eigenvalue weighted by Gasteiger charge is 2.19. The molecule has 0 spiro atoms. The number of amides is 1. The van der Waals surface area contributed by atoms with Crippen LogP contribution in [0.1, 0.15) is 28.2 Å². The van der Waals surface area contributed by atoms with Crippen LogP contribution in [0.4, 0.5) is 0 Å². The molecule has 3 aromatic rings. The molecule has 1 aromatic carbocycles. The van der Waals surface area contributed by atoms with Crippen LogP contribution in [0.2, 0.25) is 0 Å². The van der Waals surface area contributed by atoms with E-state index in [1.807, 2.05) is 49.0 Å². The van der Waals surface area contributed by atoms with Crippen molar-refractivity contribution in [2.24, 2.45) is 0 Å². The van der Waals surface area contributed by atoms with Crippen molar-refractivity contribution in [1.29, 1.82) is 0 Å². The van der Waals surface area contributed by atoms with Crippen LogP contribution >= 0.6 is 11.3 Å². The molecule has 102 valence electrons. The molecule has 1 unspecified atom stereocenters. The summed E-state index contributed by atoms with van der Waals surface area (Å²) in [6.45, 7) is 2.05. The molecule has 1 atom stereocenters. The average molecular weight is 284 g/mol. The standard InChI is InChI=1S/C16H16N2OS/c1-11(15-4-3-9-20-15)18(2)16(19)13-5-6-14-12(10-13)7-8-17-14/h3-11,17H,1-2H3.